The molecule has 9 heteroatoms. The predicted molar refractivity (Wildman–Crippen MR) is 119 cm³/mol. The highest BCUT2D eigenvalue weighted by atomic mass is 35.5. The van der Waals surface area contributed by atoms with E-state index in [4.69, 9.17) is 22.1 Å². The molecule has 0 bridgehead atoms. The molecule has 0 spiro atoms. The molecule has 0 aliphatic carbocycles. The summed E-state index contributed by atoms with van der Waals surface area (Å²) in [6.45, 7) is 2.34. The maximum absolute atomic E-state index is 12.6. The van der Waals surface area contributed by atoms with Crippen LogP contribution in [0.15, 0.2) is 48.5 Å². The molecule has 1 aliphatic heterocycles. The monoisotopic (exact) mass is 457 g/mol. The van der Waals surface area contributed by atoms with Crippen LogP contribution in [0.4, 0.5) is 5.69 Å². The maximum atomic E-state index is 12.6. The second-order valence-corrected chi connectivity index (χ2v) is 8.02. The summed E-state index contributed by atoms with van der Waals surface area (Å²) in [6.07, 6.45) is -0.0747. The number of hydrogen-bond donors (Lipinski definition) is 2. The molecule has 32 heavy (non-hydrogen) atoms. The number of nitrogens with one attached hydrogen (secondary N) is 1. The van der Waals surface area contributed by atoms with Crippen molar-refractivity contribution < 1.29 is 23.9 Å². The number of benzene rings is 2. The second kappa shape index (κ2) is 10.3. The van der Waals surface area contributed by atoms with Gasteiger partial charge in [0.1, 0.15) is 0 Å². The number of ether oxygens (including phenoxy) is 1. The molecule has 2 aromatic carbocycles. The van der Waals surface area contributed by atoms with Gasteiger partial charge in [0.15, 0.2) is 6.10 Å². The molecule has 168 valence electrons. The zero-order valence-corrected chi connectivity index (χ0v) is 18.3. The number of primary amides is 1. The Morgan fingerprint density at radius 1 is 1.00 bits per heavy atom. The number of anilines is 1. The third kappa shape index (κ3) is 5.85. The number of carbonyl (C=O) groups excluding carboxylic acids is 4. The summed E-state index contributed by atoms with van der Waals surface area (Å²) in [4.78, 5) is 50.2. The van der Waals surface area contributed by atoms with Gasteiger partial charge in [0, 0.05) is 34.9 Å². The van der Waals surface area contributed by atoms with E-state index in [1.807, 2.05) is 0 Å². The molecule has 3 N–H and O–H groups in total. The summed E-state index contributed by atoms with van der Waals surface area (Å²) >= 11 is 5.86. The number of piperidine rings is 1. The Morgan fingerprint density at radius 3 is 2.12 bits per heavy atom. The molecule has 2 aromatic rings. The molecule has 1 saturated heterocycles. The Labute approximate surface area is 190 Å². The number of nitrogens with two attached hydrogens (primary N) is 1. The van der Waals surface area contributed by atoms with Crippen LogP contribution in [0.1, 0.15) is 40.5 Å². The smallest absolute Gasteiger partial charge is 0.309 e. The lowest BCUT2D eigenvalue weighted by Gasteiger charge is -2.31. The first-order valence-corrected chi connectivity index (χ1v) is 10.6. The first kappa shape index (κ1) is 23.3. The van der Waals surface area contributed by atoms with E-state index < -0.39 is 23.9 Å². The maximum Gasteiger partial charge on any atom is 0.309 e. The fourth-order valence-electron chi connectivity index (χ4n) is 3.38. The van der Waals surface area contributed by atoms with Gasteiger partial charge in [-0.2, -0.15) is 0 Å². The lowest BCUT2D eigenvalue weighted by atomic mass is 9.96. The minimum atomic E-state index is -0.993. The van der Waals surface area contributed by atoms with Gasteiger partial charge in [-0.3, -0.25) is 19.2 Å². The lowest BCUT2D eigenvalue weighted by Crippen LogP contribution is -2.41. The van der Waals surface area contributed by atoms with Crippen molar-refractivity contribution in [2.75, 3.05) is 18.4 Å². The number of rotatable bonds is 6. The summed E-state index contributed by atoms with van der Waals surface area (Å²) in [5.74, 6) is -2.00. The van der Waals surface area contributed by atoms with Crippen LogP contribution in [0, 0.1) is 5.92 Å². The lowest BCUT2D eigenvalue weighted by molar-refractivity contribution is -0.158. The third-order valence-electron chi connectivity index (χ3n) is 5.31. The number of esters is 1. The van der Waals surface area contributed by atoms with E-state index in [0.717, 1.165) is 0 Å². The quantitative estimate of drug-likeness (QED) is 0.646. The molecule has 3 rings (SSSR count). The van der Waals surface area contributed by atoms with Gasteiger partial charge in [0.05, 0.1) is 5.92 Å². The number of nitrogens with zero attached hydrogens (tertiary/aromatic N) is 1. The van der Waals surface area contributed by atoms with Gasteiger partial charge in [-0.15, -0.1) is 0 Å². The van der Waals surface area contributed by atoms with Crippen LogP contribution in [-0.4, -0.2) is 47.8 Å². The van der Waals surface area contributed by atoms with Crippen molar-refractivity contribution in [2.24, 2.45) is 11.7 Å². The fourth-order valence-corrected chi connectivity index (χ4v) is 3.51. The number of carbonyl (C=O) groups is 4. The average Bonchev–Trinajstić information content (AvgIpc) is 2.79. The van der Waals surface area contributed by atoms with E-state index in [1.165, 1.54) is 19.1 Å². The highest BCUT2D eigenvalue weighted by Gasteiger charge is 2.30. The van der Waals surface area contributed by atoms with Gasteiger partial charge in [0.2, 0.25) is 5.91 Å². The van der Waals surface area contributed by atoms with E-state index in [1.54, 1.807) is 41.3 Å². The molecule has 0 aromatic heterocycles. The van der Waals surface area contributed by atoms with Gasteiger partial charge >= 0.3 is 5.97 Å². The molecule has 1 fully saturated rings. The van der Waals surface area contributed by atoms with E-state index in [0.29, 0.717) is 47.8 Å². The van der Waals surface area contributed by atoms with Crippen LogP contribution in [0.5, 0.6) is 0 Å². The summed E-state index contributed by atoms with van der Waals surface area (Å²) in [7, 11) is 0. The third-order valence-corrected chi connectivity index (χ3v) is 5.56. The minimum absolute atomic E-state index is 0.108. The summed E-state index contributed by atoms with van der Waals surface area (Å²) in [6, 6.07) is 12.7. The van der Waals surface area contributed by atoms with Crippen molar-refractivity contribution in [3.05, 3.63) is 64.7 Å². The van der Waals surface area contributed by atoms with Crippen molar-refractivity contribution in [3.8, 4) is 0 Å². The number of amides is 3. The minimum Gasteiger partial charge on any atom is -0.452 e. The zero-order chi connectivity index (χ0) is 23.3. The van der Waals surface area contributed by atoms with Crippen LogP contribution >= 0.6 is 11.6 Å². The Kier molecular flexibility index (Phi) is 7.48. The molecule has 8 nitrogen and oxygen atoms in total. The number of halogens is 1. The standard InChI is InChI=1S/C23H24ClN3O5/c1-14(21(29)26-19-8-4-15(5-9-19)20(25)28)32-23(31)17-10-12-27(13-11-17)22(30)16-2-6-18(24)7-3-16/h2-9,14,17H,10-13H2,1H3,(H2,25,28)(H,26,29)/t14-/m0/s1. The largest absolute Gasteiger partial charge is 0.452 e. The van der Waals surface area contributed by atoms with Crippen LogP contribution < -0.4 is 11.1 Å². The normalized spacial score (nSPS) is 15.0. The van der Waals surface area contributed by atoms with Crippen molar-refractivity contribution in [1.82, 2.24) is 4.90 Å². The van der Waals surface area contributed by atoms with Crippen molar-refractivity contribution in [2.45, 2.75) is 25.9 Å². The topological polar surface area (TPSA) is 119 Å². The van der Waals surface area contributed by atoms with Crippen molar-refractivity contribution in [3.63, 3.8) is 0 Å². The van der Waals surface area contributed by atoms with Crippen LogP contribution in [0.25, 0.3) is 0 Å². The van der Waals surface area contributed by atoms with Gasteiger partial charge in [-0.05, 0) is 68.3 Å². The SMILES string of the molecule is C[C@H](OC(=O)C1CCN(C(=O)c2ccc(Cl)cc2)CC1)C(=O)Nc1ccc(C(N)=O)cc1. The zero-order valence-electron chi connectivity index (χ0n) is 17.5. The van der Waals surface area contributed by atoms with Crippen molar-refractivity contribution >= 4 is 41.0 Å². The van der Waals surface area contributed by atoms with E-state index in [-0.39, 0.29) is 11.8 Å². The molecule has 0 radical (unpaired) electrons. The molecular weight excluding hydrogens is 434 g/mol. The van der Waals surface area contributed by atoms with E-state index in [9.17, 15) is 19.2 Å². The van der Waals surface area contributed by atoms with Crippen LogP contribution in [-0.2, 0) is 14.3 Å². The Morgan fingerprint density at radius 2 is 1.56 bits per heavy atom. The van der Waals surface area contributed by atoms with Gasteiger partial charge in [0.25, 0.3) is 11.8 Å². The highest BCUT2D eigenvalue weighted by Crippen LogP contribution is 2.22. The molecule has 0 unspecified atom stereocenters. The first-order valence-electron chi connectivity index (χ1n) is 10.2. The molecule has 1 atom stereocenters. The molecule has 1 aliphatic rings. The summed E-state index contributed by atoms with van der Waals surface area (Å²) in [5, 5.41) is 3.19. The molecule has 3 amide bonds. The highest BCUT2D eigenvalue weighted by molar-refractivity contribution is 6.30. The molecule has 1 heterocycles. The first-order chi connectivity index (χ1) is 15.2. The number of likely N-dealkylation sites (tertiary alicyclic amines) is 1. The Balaban J connectivity index is 1.47. The molecule has 0 saturated carbocycles. The average molecular weight is 458 g/mol. The number of hydrogen-bond acceptors (Lipinski definition) is 5. The summed E-state index contributed by atoms with van der Waals surface area (Å²) in [5.41, 5.74) is 6.51. The van der Waals surface area contributed by atoms with Crippen LogP contribution in [0.3, 0.4) is 0 Å². The Bertz CT molecular complexity index is 999. The van der Waals surface area contributed by atoms with E-state index in [2.05, 4.69) is 5.32 Å². The van der Waals surface area contributed by atoms with Gasteiger partial charge in [-0.1, -0.05) is 11.6 Å². The second-order valence-electron chi connectivity index (χ2n) is 7.58. The fraction of sp³-hybridized carbons (Fsp3) is 0.304. The van der Waals surface area contributed by atoms with Gasteiger partial charge in [-0.25, -0.2) is 0 Å². The predicted octanol–water partition coefficient (Wildman–Crippen LogP) is 2.86. The summed E-state index contributed by atoms with van der Waals surface area (Å²) < 4.78 is 5.34. The van der Waals surface area contributed by atoms with E-state index >= 15 is 0 Å². The van der Waals surface area contributed by atoms with Crippen LogP contribution in [0.2, 0.25) is 5.02 Å². The molecular formula is C23H24ClN3O5. The van der Waals surface area contributed by atoms with Crippen molar-refractivity contribution in [1.29, 1.82) is 0 Å². The Hall–Kier alpha value is -3.39. The van der Waals surface area contributed by atoms with Gasteiger partial charge < -0.3 is 20.7 Å².